The van der Waals surface area contributed by atoms with E-state index in [0.717, 1.165) is 0 Å². The molecule has 4 heterocycles. The van der Waals surface area contributed by atoms with Gasteiger partial charge in [-0.2, -0.15) is 0 Å². The number of hydrogen-bond donors (Lipinski definition) is 0. The zero-order chi connectivity index (χ0) is 36.6. The van der Waals surface area contributed by atoms with Crippen molar-refractivity contribution < 1.29 is 0 Å². The van der Waals surface area contributed by atoms with Crippen LogP contribution in [0.25, 0.3) is 65.3 Å². The highest BCUT2D eigenvalue weighted by atomic mass is 32.1. The highest BCUT2D eigenvalue weighted by Crippen LogP contribution is 2.49. The molecule has 2 aromatic heterocycles. The first kappa shape index (κ1) is 31.7. The molecule has 2 nitrogen and oxygen atoms in total. The van der Waals surface area contributed by atoms with E-state index in [1.807, 2.05) is 11.3 Å². The van der Waals surface area contributed by atoms with Crippen LogP contribution in [0.1, 0.15) is 33.4 Å². The molecule has 0 bridgehead atoms. The van der Waals surface area contributed by atoms with E-state index in [1.165, 1.54) is 127 Å². The Labute approximate surface area is 321 Å². The first-order chi connectivity index (χ1) is 26.3. The molecule has 0 aliphatic carbocycles. The van der Waals surface area contributed by atoms with Crippen LogP contribution in [0.15, 0.2) is 127 Å². The molecule has 11 rings (SSSR count). The van der Waals surface area contributed by atoms with E-state index >= 15 is 0 Å². The third-order valence-corrected chi connectivity index (χ3v) is 13.2. The number of nitrogens with zero attached hydrogens (tertiary/aromatic N) is 2. The van der Waals surface area contributed by atoms with Crippen molar-refractivity contribution >= 4 is 78.8 Å². The van der Waals surface area contributed by atoms with Crippen molar-refractivity contribution in [3.05, 3.63) is 160 Å². The lowest BCUT2D eigenvalue weighted by molar-refractivity contribution is 1.26. The van der Waals surface area contributed by atoms with Crippen LogP contribution in [-0.4, -0.2) is 11.3 Å². The van der Waals surface area contributed by atoms with Gasteiger partial charge in [-0.15, -0.1) is 11.3 Å². The van der Waals surface area contributed by atoms with Gasteiger partial charge in [-0.1, -0.05) is 108 Å². The molecule has 4 heteroatoms. The summed E-state index contributed by atoms with van der Waals surface area (Å²) >= 11 is 1.90. The van der Waals surface area contributed by atoms with Crippen LogP contribution in [0.2, 0.25) is 0 Å². The average Bonchev–Trinajstić information content (AvgIpc) is 3.74. The van der Waals surface area contributed by atoms with E-state index in [0.29, 0.717) is 0 Å². The summed E-state index contributed by atoms with van der Waals surface area (Å²) in [5, 5.41) is 7.71. The molecule has 0 fully saturated rings. The maximum Gasteiger partial charge on any atom is 0.333 e. The monoisotopic (exact) mass is 710 g/mol. The molecule has 0 saturated heterocycles. The number of aromatic nitrogens is 1. The molecule has 2 aliphatic rings. The Kier molecular flexibility index (Phi) is 6.65. The lowest BCUT2D eigenvalue weighted by Crippen LogP contribution is -2.55. The minimum Gasteiger partial charge on any atom is -0.375 e. The molecule has 0 N–H and O–H groups in total. The van der Waals surface area contributed by atoms with Gasteiger partial charge in [0.25, 0.3) is 0 Å². The fraction of sp³-hybridized carbons (Fsp3) is 0.120. The van der Waals surface area contributed by atoms with E-state index in [1.54, 1.807) is 0 Å². The largest absolute Gasteiger partial charge is 0.375 e. The molecule has 0 amide bonds. The van der Waals surface area contributed by atoms with Crippen molar-refractivity contribution in [3.63, 3.8) is 0 Å². The van der Waals surface area contributed by atoms with Gasteiger partial charge in [-0.05, 0) is 132 Å². The topological polar surface area (TPSA) is 8.17 Å². The van der Waals surface area contributed by atoms with Crippen LogP contribution in [0.3, 0.4) is 0 Å². The fourth-order valence-electron chi connectivity index (χ4n) is 10.4. The SMILES string of the molecule is Cc1cc(C)c(-c2cccc(N3c4cc(-c5c(C)cc(C)cc5C)ccc4B4c5c3csc5-c3cccc5c6c7ccccc7ccc6n4c35)c2)c(C)c1. The highest BCUT2D eigenvalue weighted by molar-refractivity contribution is 7.17. The Balaban J connectivity index is 1.22. The van der Waals surface area contributed by atoms with Gasteiger partial charge in [0.2, 0.25) is 0 Å². The van der Waals surface area contributed by atoms with Crippen molar-refractivity contribution in [1.82, 2.24) is 4.48 Å². The summed E-state index contributed by atoms with van der Waals surface area (Å²) in [6, 6.07) is 46.3. The standard InChI is InChI=1S/C50H39BN2S/c1-28-21-30(3)45(31(4)22-28)35-12-9-13-37(25-35)52-43-26-36(46-32(5)23-29(2)24-33(46)6)17-19-41(43)51-48-44(52)27-54-50(48)40-16-10-15-39-47-38-14-8-7-11-34(38)18-20-42(47)53(51)49(39)40/h7-27H,1-6H3. The first-order valence-electron chi connectivity index (χ1n) is 19.0. The van der Waals surface area contributed by atoms with Crippen molar-refractivity contribution in [3.8, 4) is 32.7 Å². The Hall–Kier alpha value is -5.84. The molecule has 0 unspecified atom stereocenters. The second kappa shape index (κ2) is 11.3. The minimum atomic E-state index is 0.0441. The fourth-order valence-corrected chi connectivity index (χ4v) is 11.4. The molecule has 2 aliphatic heterocycles. The summed E-state index contributed by atoms with van der Waals surface area (Å²) in [6.45, 7) is 13.5. The molecule has 258 valence electrons. The Bertz CT molecular complexity index is 3040. The predicted molar refractivity (Wildman–Crippen MR) is 235 cm³/mol. The second-order valence-corrected chi connectivity index (χ2v) is 16.6. The number of para-hydroxylation sites is 1. The van der Waals surface area contributed by atoms with Gasteiger partial charge < -0.3 is 9.38 Å². The minimum absolute atomic E-state index is 0.0441. The molecule has 54 heavy (non-hydrogen) atoms. The van der Waals surface area contributed by atoms with Gasteiger partial charge in [-0.25, -0.2) is 0 Å². The summed E-state index contributed by atoms with van der Waals surface area (Å²) in [5.74, 6) is 0. The van der Waals surface area contributed by atoms with Gasteiger partial charge in [0, 0.05) is 49.0 Å². The van der Waals surface area contributed by atoms with E-state index in [9.17, 15) is 0 Å². The van der Waals surface area contributed by atoms with E-state index in [-0.39, 0.29) is 6.85 Å². The smallest absolute Gasteiger partial charge is 0.333 e. The van der Waals surface area contributed by atoms with Crippen LogP contribution in [0.4, 0.5) is 17.1 Å². The first-order valence-corrected chi connectivity index (χ1v) is 19.9. The van der Waals surface area contributed by atoms with Crippen LogP contribution >= 0.6 is 11.3 Å². The average molecular weight is 711 g/mol. The van der Waals surface area contributed by atoms with Crippen LogP contribution < -0.4 is 15.8 Å². The number of aryl methyl sites for hydroxylation is 6. The van der Waals surface area contributed by atoms with Gasteiger partial charge in [0.1, 0.15) is 0 Å². The molecule has 0 saturated carbocycles. The Morgan fingerprint density at radius 3 is 1.96 bits per heavy atom. The molecule has 7 aromatic carbocycles. The number of anilines is 3. The summed E-state index contributed by atoms with van der Waals surface area (Å²) in [6.07, 6.45) is 0. The van der Waals surface area contributed by atoms with Gasteiger partial charge in [-0.3, -0.25) is 0 Å². The van der Waals surface area contributed by atoms with Gasteiger partial charge in [0.15, 0.2) is 0 Å². The lowest BCUT2D eigenvalue weighted by Gasteiger charge is -2.38. The van der Waals surface area contributed by atoms with Crippen LogP contribution in [0, 0.1) is 41.5 Å². The number of thiophene rings is 1. The van der Waals surface area contributed by atoms with E-state index < -0.39 is 0 Å². The number of rotatable bonds is 3. The molecule has 0 radical (unpaired) electrons. The molecular formula is C50H39BN2S. The maximum atomic E-state index is 2.68. The predicted octanol–water partition coefficient (Wildman–Crippen LogP) is 12.6. The number of benzene rings is 7. The van der Waals surface area contributed by atoms with Crippen LogP contribution in [0.5, 0.6) is 0 Å². The summed E-state index contributed by atoms with van der Waals surface area (Å²) in [4.78, 5) is 3.95. The van der Waals surface area contributed by atoms with E-state index in [2.05, 4.69) is 178 Å². The zero-order valence-corrected chi connectivity index (χ0v) is 32.3. The lowest BCUT2D eigenvalue weighted by atomic mass is 9.46. The molecule has 9 aromatic rings. The molecule has 0 spiro atoms. The highest BCUT2D eigenvalue weighted by Gasteiger charge is 2.44. The molecule has 0 atom stereocenters. The quantitative estimate of drug-likeness (QED) is 0.166. The number of fused-ring (bicyclic) bond motifs is 9. The third-order valence-electron chi connectivity index (χ3n) is 12.1. The zero-order valence-electron chi connectivity index (χ0n) is 31.5. The maximum absolute atomic E-state index is 2.68. The second-order valence-electron chi connectivity index (χ2n) is 15.7. The summed E-state index contributed by atoms with van der Waals surface area (Å²) in [5.41, 5.74) is 23.5. The third kappa shape index (κ3) is 4.29. The van der Waals surface area contributed by atoms with Crippen molar-refractivity contribution in [2.45, 2.75) is 41.5 Å². The van der Waals surface area contributed by atoms with Crippen LogP contribution in [-0.2, 0) is 0 Å². The van der Waals surface area contributed by atoms with Crippen molar-refractivity contribution in [2.75, 3.05) is 4.90 Å². The van der Waals surface area contributed by atoms with Crippen molar-refractivity contribution in [1.29, 1.82) is 0 Å². The summed E-state index contributed by atoms with van der Waals surface area (Å²) < 4.78 is 2.68. The Morgan fingerprint density at radius 2 is 1.22 bits per heavy atom. The van der Waals surface area contributed by atoms with E-state index in [4.69, 9.17) is 0 Å². The van der Waals surface area contributed by atoms with Gasteiger partial charge >= 0.3 is 6.85 Å². The Morgan fingerprint density at radius 1 is 0.556 bits per heavy atom. The normalized spacial score (nSPS) is 12.9. The summed E-state index contributed by atoms with van der Waals surface area (Å²) in [7, 11) is 0. The molecular weight excluding hydrogens is 671 g/mol. The van der Waals surface area contributed by atoms with Crippen molar-refractivity contribution in [2.24, 2.45) is 0 Å². The van der Waals surface area contributed by atoms with Gasteiger partial charge in [0.05, 0.1) is 5.69 Å². The number of hydrogen-bond acceptors (Lipinski definition) is 2.